The van der Waals surface area contributed by atoms with E-state index in [-0.39, 0.29) is 24.5 Å². The van der Waals surface area contributed by atoms with Gasteiger partial charge in [0.15, 0.2) is 6.61 Å². The number of nitrogens with zero attached hydrogens (tertiary/aromatic N) is 2. The molecule has 1 saturated heterocycles. The molecule has 0 bridgehead atoms. The van der Waals surface area contributed by atoms with E-state index in [9.17, 15) is 9.59 Å². The van der Waals surface area contributed by atoms with Gasteiger partial charge in [-0.3, -0.25) is 4.79 Å². The van der Waals surface area contributed by atoms with Gasteiger partial charge in [0.2, 0.25) is 0 Å². The molecule has 1 aliphatic rings. The molecular formula is C23H30N2O4. The summed E-state index contributed by atoms with van der Waals surface area (Å²) in [5.74, 6) is 0.388. The summed E-state index contributed by atoms with van der Waals surface area (Å²) in [5, 5.41) is 0. The van der Waals surface area contributed by atoms with Crippen LogP contribution in [-0.4, -0.2) is 47.1 Å². The Labute approximate surface area is 172 Å². The minimum Gasteiger partial charge on any atom is -0.482 e. The number of amides is 1. The van der Waals surface area contributed by atoms with Crippen molar-refractivity contribution in [2.45, 2.75) is 45.1 Å². The Morgan fingerprint density at radius 2 is 1.97 bits per heavy atom. The fraction of sp³-hybridized carbons (Fsp3) is 0.478. The third kappa shape index (κ3) is 5.40. The lowest BCUT2D eigenvalue weighted by atomic mass is 9.99. The maximum absolute atomic E-state index is 12.9. The predicted octanol–water partition coefficient (Wildman–Crippen LogP) is 3.59. The minimum absolute atomic E-state index is 0.0491. The van der Waals surface area contributed by atoms with Crippen molar-refractivity contribution in [2.24, 2.45) is 7.05 Å². The monoisotopic (exact) mass is 398 g/mol. The molecule has 29 heavy (non-hydrogen) atoms. The molecule has 1 fully saturated rings. The Bertz CT molecular complexity index is 830. The van der Waals surface area contributed by atoms with Crippen molar-refractivity contribution in [3.63, 3.8) is 0 Å². The zero-order chi connectivity index (χ0) is 20.6. The lowest BCUT2D eigenvalue weighted by Gasteiger charge is -2.35. The SMILES string of the molecule is CCc1ccccc1OCC(=O)OCCC1CCCCN1C(=O)c1cccn1C. The van der Waals surface area contributed by atoms with E-state index in [1.165, 1.54) is 0 Å². The number of aryl methyl sites for hydroxylation is 2. The fourth-order valence-electron chi connectivity index (χ4n) is 3.82. The first-order chi connectivity index (χ1) is 14.1. The van der Waals surface area contributed by atoms with Crippen molar-refractivity contribution in [1.29, 1.82) is 0 Å². The third-order valence-corrected chi connectivity index (χ3v) is 5.46. The lowest BCUT2D eigenvalue weighted by molar-refractivity contribution is -0.146. The second-order valence-electron chi connectivity index (χ2n) is 7.41. The van der Waals surface area contributed by atoms with Crippen LogP contribution in [0.25, 0.3) is 0 Å². The van der Waals surface area contributed by atoms with Gasteiger partial charge in [-0.2, -0.15) is 0 Å². The Morgan fingerprint density at radius 3 is 2.72 bits per heavy atom. The second-order valence-corrected chi connectivity index (χ2v) is 7.41. The standard InChI is InChI=1S/C23H30N2O4/c1-3-18-9-4-5-12-21(18)29-17-22(26)28-16-13-19-10-6-7-15-25(19)23(27)20-11-8-14-24(20)2/h4-5,8-9,11-12,14,19H,3,6-7,10,13,15-17H2,1-2H3. The molecule has 1 aliphatic heterocycles. The first kappa shape index (κ1) is 21.0. The van der Waals surface area contributed by atoms with Crippen molar-refractivity contribution < 1.29 is 19.1 Å². The third-order valence-electron chi connectivity index (χ3n) is 5.46. The van der Waals surface area contributed by atoms with Crippen LogP contribution in [0.2, 0.25) is 0 Å². The number of rotatable bonds is 8. The zero-order valence-electron chi connectivity index (χ0n) is 17.3. The lowest BCUT2D eigenvalue weighted by Crippen LogP contribution is -2.44. The molecule has 0 spiro atoms. The molecule has 1 amide bonds. The van der Waals surface area contributed by atoms with E-state index in [4.69, 9.17) is 9.47 Å². The van der Waals surface area contributed by atoms with Crippen molar-refractivity contribution in [2.75, 3.05) is 19.8 Å². The molecule has 0 radical (unpaired) electrons. The molecule has 0 saturated carbocycles. The number of carbonyl (C=O) groups is 2. The molecule has 0 N–H and O–H groups in total. The summed E-state index contributed by atoms with van der Waals surface area (Å²) in [5.41, 5.74) is 1.76. The number of hydrogen-bond donors (Lipinski definition) is 0. The van der Waals surface area contributed by atoms with Gasteiger partial charge in [0.05, 0.1) is 6.61 Å². The minimum atomic E-state index is -0.382. The number of ether oxygens (including phenoxy) is 2. The Hall–Kier alpha value is -2.76. The molecule has 6 heteroatoms. The van der Waals surface area contributed by atoms with Crippen LogP contribution in [0.15, 0.2) is 42.6 Å². The molecule has 156 valence electrons. The number of benzene rings is 1. The molecular weight excluding hydrogens is 368 g/mol. The van der Waals surface area contributed by atoms with Crippen LogP contribution in [0.4, 0.5) is 0 Å². The summed E-state index contributed by atoms with van der Waals surface area (Å²) in [6, 6.07) is 11.5. The van der Waals surface area contributed by atoms with Crippen molar-refractivity contribution in [3.05, 3.63) is 53.9 Å². The van der Waals surface area contributed by atoms with Crippen LogP contribution in [0.5, 0.6) is 5.75 Å². The van der Waals surface area contributed by atoms with Crippen LogP contribution in [0.3, 0.4) is 0 Å². The fourth-order valence-corrected chi connectivity index (χ4v) is 3.82. The van der Waals surface area contributed by atoms with Crippen LogP contribution < -0.4 is 4.74 Å². The van der Waals surface area contributed by atoms with Crippen LogP contribution in [0.1, 0.15) is 48.7 Å². The van der Waals surface area contributed by atoms with Crippen LogP contribution >= 0.6 is 0 Å². The largest absolute Gasteiger partial charge is 0.482 e. The maximum Gasteiger partial charge on any atom is 0.344 e. The molecule has 3 rings (SSSR count). The first-order valence-electron chi connectivity index (χ1n) is 10.4. The average Bonchev–Trinajstić information content (AvgIpc) is 3.18. The van der Waals surface area contributed by atoms with Gasteiger partial charge < -0.3 is 18.9 Å². The van der Waals surface area contributed by atoms with E-state index in [2.05, 4.69) is 0 Å². The highest BCUT2D eigenvalue weighted by atomic mass is 16.6. The average molecular weight is 399 g/mol. The summed E-state index contributed by atoms with van der Waals surface area (Å²) >= 11 is 0. The first-order valence-corrected chi connectivity index (χ1v) is 10.4. The zero-order valence-corrected chi connectivity index (χ0v) is 17.3. The number of carbonyl (C=O) groups excluding carboxylic acids is 2. The van der Waals surface area contributed by atoms with Gasteiger partial charge in [-0.05, 0) is 49.4 Å². The van der Waals surface area contributed by atoms with Crippen molar-refractivity contribution >= 4 is 11.9 Å². The number of para-hydroxylation sites is 1. The highest BCUT2D eigenvalue weighted by molar-refractivity contribution is 5.93. The molecule has 1 aromatic heterocycles. The predicted molar refractivity (Wildman–Crippen MR) is 111 cm³/mol. The van der Waals surface area contributed by atoms with E-state index >= 15 is 0 Å². The summed E-state index contributed by atoms with van der Waals surface area (Å²) < 4.78 is 12.8. The van der Waals surface area contributed by atoms with E-state index in [0.717, 1.165) is 43.5 Å². The number of esters is 1. The van der Waals surface area contributed by atoms with Gasteiger partial charge in [-0.1, -0.05) is 25.1 Å². The van der Waals surface area contributed by atoms with E-state index < -0.39 is 0 Å². The van der Waals surface area contributed by atoms with Gasteiger partial charge in [0.1, 0.15) is 11.4 Å². The Morgan fingerprint density at radius 1 is 1.14 bits per heavy atom. The van der Waals surface area contributed by atoms with Crippen molar-refractivity contribution in [1.82, 2.24) is 9.47 Å². The molecule has 2 aromatic rings. The highest BCUT2D eigenvalue weighted by Gasteiger charge is 2.28. The molecule has 1 atom stereocenters. The summed E-state index contributed by atoms with van der Waals surface area (Å²) in [6.45, 7) is 2.99. The highest BCUT2D eigenvalue weighted by Crippen LogP contribution is 2.22. The quantitative estimate of drug-likeness (QED) is 0.638. The molecule has 1 unspecified atom stereocenters. The van der Waals surface area contributed by atoms with E-state index in [1.54, 1.807) is 0 Å². The number of likely N-dealkylation sites (tertiary alicyclic amines) is 1. The number of aromatic nitrogens is 1. The summed E-state index contributed by atoms with van der Waals surface area (Å²) in [7, 11) is 1.88. The number of hydrogen-bond acceptors (Lipinski definition) is 4. The summed E-state index contributed by atoms with van der Waals surface area (Å²) in [4.78, 5) is 26.9. The Kier molecular flexibility index (Phi) is 7.33. The topological polar surface area (TPSA) is 60.8 Å². The van der Waals surface area contributed by atoms with Gasteiger partial charge in [0, 0.05) is 32.3 Å². The van der Waals surface area contributed by atoms with Gasteiger partial charge >= 0.3 is 5.97 Å². The second kappa shape index (κ2) is 10.1. The smallest absolute Gasteiger partial charge is 0.344 e. The van der Waals surface area contributed by atoms with Gasteiger partial charge in [0.25, 0.3) is 5.91 Å². The van der Waals surface area contributed by atoms with E-state index in [1.807, 2.05) is 66.0 Å². The van der Waals surface area contributed by atoms with E-state index in [0.29, 0.717) is 18.7 Å². The van der Waals surface area contributed by atoms with Crippen LogP contribution in [-0.2, 0) is 23.0 Å². The molecule has 2 heterocycles. The number of piperidine rings is 1. The molecule has 0 aliphatic carbocycles. The van der Waals surface area contributed by atoms with Gasteiger partial charge in [-0.15, -0.1) is 0 Å². The summed E-state index contributed by atoms with van der Waals surface area (Å²) in [6.07, 6.45) is 6.41. The van der Waals surface area contributed by atoms with Gasteiger partial charge in [-0.25, -0.2) is 4.79 Å². The molecule has 1 aromatic carbocycles. The normalized spacial score (nSPS) is 16.5. The maximum atomic E-state index is 12.9. The Balaban J connectivity index is 1.47. The molecule has 6 nitrogen and oxygen atoms in total. The van der Waals surface area contributed by atoms with Crippen LogP contribution in [0, 0.1) is 0 Å². The van der Waals surface area contributed by atoms with Crippen molar-refractivity contribution in [3.8, 4) is 5.75 Å².